The zero-order chi connectivity index (χ0) is 13.7. The highest BCUT2D eigenvalue weighted by atomic mass is 16.4. The first-order chi connectivity index (χ1) is 8.40. The van der Waals surface area contributed by atoms with Gasteiger partial charge in [0.2, 0.25) is 0 Å². The minimum Gasteiger partial charge on any atom is -0.480 e. The molecule has 0 aromatic heterocycles. The number of nitrogens with one attached hydrogen (secondary N) is 2. The molecule has 2 amide bonds. The second-order valence-electron chi connectivity index (χ2n) is 4.44. The second-order valence-corrected chi connectivity index (χ2v) is 4.44. The van der Waals surface area contributed by atoms with Crippen LogP contribution in [0.1, 0.15) is 32.3 Å². The van der Waals surface area contributed by atoms with Crippen LogP contribution in [-0.2, 0) is 4.79 Å². The molecule has 0 fully saturated rings. The van der Waals surface area contributed by atoms with Gasteiger partial charge in [-0.1, -0.05) is 26.0 Å². The molecule has 1 atom stereocenters. The summed E-state index contributed by atoms with van der Waals surface area (Å²) in [5.41, 5.74) is 1.76. The van der Waals surface area contributed by atoms with E-state index in [1.54, 1.807) is 6.07 Å². The van der Waals surface area contributed by atoms with Crippen LogP contribution in [-0.4, -0.2) is 23.1 Å². The Balaban J connectivity index is 2.64. The number of hydrogen-bond acceptors (Lipinski definition) is 2. The minimum absolute atomic E-state index is 0.368. The van der Waals surface area contributed by atoms with Crippen molar-refractivity contribution in [3.8, 4) is 0 Å². The van der Waals surface area contributed by atoms with Gasteiger partial charge >= 0.3 is 12.0 Å². The predicted molar refractivity (Wildman–Crippen MR) is 69.8 cm³/mol. The Bertz CT molecular complexity index is 444. The third-order valence-electron chi connectivity index (χ3n) is 2.53. The van der Waals surface area contributed by atoms with E-state index in [1.165, 1.54) is 6.92 Å². The lowest BCUT2D eigenvalue weighted by Crippen LogP contribution is -2.40. The first kappa shape index (κ1) is 14.0. The van der Waals surface area contributed by atoms with Crippen LogP contribution in [0.4, 0.5) is 10.5 Å². The number of carboxylic acids is 1. The van der Waals surface area contributed by atoms with E-state index in [0.717, 1.165) is 5.56 Å². The molecule has 0 aliphatic rings. The molecule has 98 valence electrons. The number of anilines is 1. The molecule has 0 aliphatic heterocycles. The van der Waals surface area contributed by atoms with Gasteiger partial charge in [-0.05, 0) is 30.5 Å². The molecule has 0 aliphatic carbocycles. The largest absolute Gasteiger partial charge is 0.480 e. The van der Waals surface area contributed by atoms with Crippen LogP contribution < -0.4 is 10.6 Å². The predicted octanol–water partition coefficient (Wildman–Crippen LogP) is 2.40. The molecule has 18 heavy (non-hydrogen) atoms. The van der Waals surface area contributed by atoms with Gasteiger partial charge in [-0.25, -0.2) is 4.79 Å². The Labute approximate surface area is 106 Å². The van der Waals surface area contributed by atoms with Gasteiger partial charge in [-0.15, -0.1) is 0 Å². The molecule has 0 bridgehead atoms. The summed E-state index contributed by atoms with van der Waals surface area (Å²) in [5, 5.41) is 13.6. The quantitative estimate of drug-likeness (QED) is 0.767. The van der Waals surface area contributed by atoms with Gasteiger partial charge in [0.15, 0.2) is 0 Å². The molecule has 0 heterocycles. The van der Waals surface area contributed by atoms with Crippen molar-refractivity contribution in [3.05, 3.63) is 29.8 Å². The van der Waals surface area contributed by atoms with Crippen LogP contribution in [0.25, 0.3) is 0 Å². The van der Waals surface area contributed by atoms with Crippen molar-refractivity contribution in [1.29, 1.82) is 0 Å². The van der Waals surface area contributed by atoms with E-state index in [9.17, 15) is 9.59 Å². The Morgan fingerprint density at radius 3 is 2.44 bits per heavy atom. The van der Waals surface area contributed by atoms with Crippen molar-refractivity contribution in [2.75, 3.05) is 5.32 Å². The summed E-state index contributed by atoms with van der Waals surface area (Å²) in [5.74, 6) is -0.700. The second kappa shape index (κ2) is 6.05. The molecule has 0 radical (unpaired) electrons. The van der Waals surface area contributed by atoms with E-state index in [2.05, 4.69) is 24.5 Å². The van der Waals surface area contributed by atoms with Crippen LogP contribution in [0, 0.1) is 0 Å². The average Bonchev–Trinajstić information content (AvgIpc) is 2.28. The molecule has 1 rings (SSSR count). The van der Waals surface area contributed by atoms with Crippen LogP contribution in [0.2, 0.25) is 0 Å². The summed E-state index contributed by atoms with van der Waals surface area (Å²) in [6, 6.07) is 6.02. The topological polar surface area (TPSA) is 78.4 Å². The fraction of sp³-hybridized carbons (Fsp3) is 0.385. The van der Waals surface area contributed by atoms with E-state index in [4.69, 9.17) is 5.11 Å². The fourth-order valence-corrected chi connectivity index (χ4v) is 1.40. The minimum atomic E-state index is -1.07. The molecular weight excluding hydrogens is 232 g/mol. The molecule has 0 spiro atoms. The highest BCUT2D eigenvalue weighted by Crippen LogP contribution is 2.18. The third kappa shape index (κ3) is 4.08. The SMILES string of the molecule is CC(NC(=O)Nc1cccc(C(C)C)c1)C(=O)O. The van der Waals surface area contributed by atoms with E-state index in [0.29, 0.717) is 11.6 Å². The number of carbonyl (C=O) groups is 2. The molecule has 1 aromatic rings. The number of benzene rings is 1. The molecule has 1 unspecified atom stereocenters. The fourth-order valence-electron chi connectivity index (χ4n) is 1.40. The zero-order valence-corrected chi connectivity index (χ0v) is 10.7. The summed E-state index contributed by atoms with van der Waals surface area (Å²) in [6.07, 6.45) is 0. The average molecular weight is 250 g/mol. The Hall–Kier alpha value is -2.04. The van der Waals surface area contributed by atoms with E-state index in [1.807, 2.05) is 18.2 Å². The molecule has 0 saturated carbocycles. The number of aliphatic carboxylic acids is 1. The summed E-state index contributed by atoms with van der Waals surface area (Å²) >= 11 is 0. The number of urea groups is 1. The smallest absolute Gasteiger partial charge is 0.325 e. The first-order valence-corrected chi connectivity index (χ1v) is 5.80. The Morgan fingerprint density at radius 2 is 1.89 bits per heavy atom. The van der Waals surface area contributed by atoms with Gasteiger partial charge in [0.1, 0.15) is 6.04 Å². The van der Waals surface area contributed by atoms with Crippen molar-refractivity contribution in [2.45, 2.75) is 32.7 Å². The van der Waals surface area contributed by atoms with Crippen molar-refractivity contribution in [1.82, 2.24) is 5.32 Å². The van der Waals surface area contributed by atoms with Gasteiger partial charge in [0.25, 0.3) is 0 Å². The molecule has 1 aromatic carbocycles. The van der Waals surface area contributed by atoms with Gasteiger partial charge in [0.05, 0.1) is 0 Å². The third-order valence-corrected chi connectivity index (χ3v) is 2.53. The molecule has 0 saturated heterocycles. The number of carbonyl (C=O) groups excluding carboxylic acids is 1. The lowest BCUT2D eigenvalue weighted by molar-refractivity contribution is -0.138. The monoisotopic (exact) mass is 250 g/mol. The molecular formula is C13H18N2O3. The lowest BCUT2D eigenvalue weighted by Gasteiger charge is -2.12. The number of hydrogen-bond donors (Lipinski definition) is 3. The summed E-state index contributed by atoms with van der Waals surface area (Å²) in [6.45, 7) is 5.53. The summed E-state index contributed by atoms with van der Waals surface area (Å²) < 4.78 is 0. The van der Waals surface area contributed by atoms with E-state index in [-0.39, 0.29) is 0 Å². The van der Waals surface area contributed by atoms with Crippen molar-refractivity contribution in [3.63, 3.8) is 0 Å². The highest BCUT2D eigenvalue weighted by Gasteiger charge is 2.13. The van der Waals surface area contributed by atoms with Crippen LogP contribution in [0.3, 0.4) is 0 Å². The zero-order valence-electron chi connectivity index (χ0n) is 10.7. The van der Waals surface area contributed by atoms with Crippen LogP contribution in [0.15, 0.2) is 24.3 Å². The lowest BCUT2D eigenvalue weighted by atomic mass is 10.0. The Kier molecular flexibility index (Phi) is 4.71. The maximum absolute atomic E-state index is 11.5. The molecule has 5 heteroatoms. The highest BCUT2D eigenvalue weighted by molar-refractivity contribution is 5.92. The summed E-state index contributed by atoms with van der Waals surface area (Å²) in [4.78, 5) is 22.1. The van der Waals surface area contributed by atoms with Gasteiger partial charge in [-0.3, -0.25) is 4.79 Å². The first-order valence-electron chi connectivity index (χ1n) is 5.80. The standard InChI is InChI=1S/C13H18N2O3/c1-8(2)10-5-4-6-11(7-10)15-13(18)14-9(3)12(16)17/h4-9H,1-3H3,(H,16,17)(H2,14,15,18). The summed E-state index contributed by atoms with van der Waals surface area (Å²) in [7, 11) is 0. The maximum Gasteiger partial charge on any atom is 0.325 e. The normalized spacial score (nSPS) is 12.0. The number of amides is 2. The van der Waals surface area contributed by atoms with E-state index < -0.39 is 18.0 Å². The molecule has 3 N–H and O–H groups in total. The van der Waals surface area contributed by atoms with Crippen molar-refractivity contribution >= 4 is 17.7 Å². The van der Waals surface area contributed by atoms with Gasteiger partial charge in [0, 0.05) is 5.69 Å². The van der Waals surface area contributed by atoms with Crippen LogP contribution >= 0.6 is 0 Å². The molecule has 5 nitrogen and oxygen atoms in total. The van der Waals surface area contributed by atoms with Crippen molar-refractivity contribution in [2.24, 2.45) is 0 Å². The van der Waals surface area contributed by atoms with Gasteiger partial charge in [-0.2, -0.15) is 0 Å². The Morgan fingerprint density at radius 1 is 1.22 bits per heavy atom. The van der Waals surface area contributed by atoms with Crippen molar-refractivity contribution < 1.29 is 14.7 Å². The number of carboxylic acid groups (broad SMARTS) is 1. The van der Waals surface area contributed by atoms with Gasteiger partial charge < -0.3 is 15.7 Å². The van der Waals surface area contributed by atoms with Crippen LogP contribution in [0.5, 0.6) is 0 Å². The van der Waals surface area contributed by atoms with E-state index >= 15 is 0 Å². The maximum atomic E-state index is 11.5. The number of rotatable bonds is 4.